The Kier molecular flexibility index (Phi) is 5.57. The molecule has 7 heteroatoms. The number of anilines is 1. The van der Waals surface area contributed by atoms with Crippen molar-refractivity contribution in [1.82, 2.24) is 15.3 Å². The Morgan fingerprint density at radius 1 is 1.21 bits per heavy atom. The highest BCUT2D eigenvalue weighted by Crippen LogP contribution is 2.24. The summed E-state index contributed by atoms with van der Waals surface area (Å²) < 4.78 is 11.5. The minimum atomic E-state index is -0.117. The van der Waals surface area contributed by atoms with Crippen LogP contribution in [0.4, 0.5) is 10.6 Å². The summed E-state index contributed by atoms with van der Waals surface area (Å²) >= 11 is 0. The number of hydrogen-bond donors (Lipinski definition) is 1. The van der Waals surface area contributed by atoms with Crippen molar-refractivity contribution in [2.75, 3.05) is 24.6 Å². The molecule has 1 aliphatic rings. The molecule has 3 aromatic rings. The van der Waals surface area contributed by atoms with Crippen LogP contribution >= 0.6 is 0 Å². The highest BCUT2D eigenvalue weighted by Gasteiger charge is 2.22. The van der Waals surface area contributed by atoms with E-state index in [-0.39, 0.29) is 6.03 Å². The van der Waals surface area contributed by atoms with Crippen LogP contribution in [0.3, 0.4) is 0 Å². The van der Waals surface area contributed by atoms with Gasteiger partial charge in [-0.3, -0.25) is 4.90 Å². The summed E-state index contributed by atoms with van der Waals surface area (Å²) in [4.78, 5) is 22.2. The van der Waals surface area contributed by atoms with Gasteiger partial charge in [0.1, 0.15) is 5.82 Å². The second-order valence-electron chi connectivity index (χ2n) is 6.98. The number of oxazole rings is 1. The van der Waals surface area contributed by atoms with Gasteiger partial charge in [0.2, 0.25) is 0 Å². The molecular formula is C22H24N4O3. The predicted molar refractivity (Wildman–Crippen MR) is 110 cm³/mol. The molecule has 0 radical (unpaired) electrons. The zero-order chi connectivity index (χ0) is 20.2. The molecule has 0 atom stereocenters. The van der Waals surface area contributed by atoms with Crippen molar-refractivity contribution < 1.29 is 13.9 Å². The second-order valence-corrected chi connectivity index (χ2v) is 6.98. The molecule has 0 unspecified atom stereocenters. The Balaban J connectivity index is 1.48. The first-order valence-electron chi connectivity index (χ1n) is 9.76. The molecular weight excluding hydrogens is 368 g/mol. The summed E-state index contributed by atoms with van der Waals surface area (Å²) in [6, 6.07) is 9.94. The van der Waals surface area contributed by atoms with Crippen LogP contribution in [0.1, 0.15) is 29.5 Å². The van der Waals surface area contributed by atoms with Gasteiger partial charge in [-0.15, -0.1) is 0 Å². The molecule has 1 fully saturated rings. The van der Waals surface area contributed by atoms with Crippen LogP contribution in [0, 0.1) is 6.92 Å². The quantitative estimate of drug-likeness (QED) is 0.663. The van der Waals surface area contributed by atoms with Crippen LogP contribution in [-0.4, -0.2) is 35.7 Å². The molecule has 150 valence electrons. The minimum Gasteiger partial charge on any atom is -0.440 e. The first-order valence-corrected chi connectivity index (χ1v) is 9.76. The number of aryl methyl sites for hydroxylation is 1. The Bertz CT molecular complexity index is 998. The molecule has 3 heterocycles. The number of benzene rings is 1. The number of nitrogens with one attached hydrogen (secondary N) is 1. The van der Waals surface area contributed by atoms with E-state index in [0.29, 0.717) is 50.2 Å². The fourth-order valence-electron chi connectivity index (χ4n) is 3.30. The number of hydrogen-bond acceptors (Lipinski definition) is 5. The van der Waals surface area contributed by atoms with E-state index in [9.17, 15) is 4.79 Å². The van der Waals surface area contributed by atoms with E-state index >= 15 is 0 Å². The number of nitrogens with zero attached hydrogens (tertiary/aromatic N) is 3. The smallest absolute Gasteiger partial charge is 0.323 e. The molecule has 1 aliphatic heterocycles. The van der Waals surface area contributed by atoms with E-state index in [4.69, 9.17) is 9.15 Å². The largest absolute Gasteiger partial charge is 0.440 e. The van der Waals surface area contributed by atoms with E-state index in [2.05, 4.69) is 40.4 Å². The van der Waals surface area contributed by atoms with Crippen molar-refractivity contribution in [2.24, 2.45) is 0 Å². The van der Waals surface area contributed by atoms with Gasteiger partial charge in [-0.25, -0.2) is 14.8 Å². The summed E-state index contributed by atoms with van der Waals surface area (Å²) in [5.41, 5.74) is 4.34. The highest BCUT2D eigenvalue weighted by atomic mass is 16.5. The molecule has 29 heavy (non-hydrogen) atoms. The fraction of sp³-hybridized carbons (Fsp3) is 0.318. The van der Waals surface area contributed by atoms with Crippen LogP contribution in [-0.2, 0) is 17.8 Å². The van der Waals surface area contributed by atoms with E-state index < -0.39 is 0 Å². The molecule has 1 saturated heterocycles. The van der Waals surface area contributed by atoms with Crippen LogP contribution in [0.25, 0.3) is 11.3 Å². The fourth-order valence-corrected chi connectivity index (χ4v) is 3.30. The van der Waals surface area contributed by atoms with Crippen molar-refractivity contribution in [3.63, 3.8) is 0 Å². The van der Waals surface area contributed by atoms with Crippen molar-refractivity contribution >= 4 is 11.8 Å². The maximum atomic E-state index is 11.8. The zero-order valence-corrected chi connectivity index (χ0v) is 16.6. The van der Waals surface area contributed by atoms with Crippen molar-refractivity contribution in [3.05, 3.63) is 65.3 Å². The molecule has 4 rings (SSSR count). The molecule has 1 N–H and O–H groups in total. The summed E-state index contributed by atoms with van der Waals surface area (Å²) in [7, 11) is 0. The zero-order valence-electron chi connectivity index (χ0n) is 16.6. The number of amides is 2. The molecule has 1 aromatic carbocycles. The van der Waals surface area contributed by atoms with Gasteiger partial charge >= 0.3 is 6.03 Å². The van der Waals surface area contributed by atoms with Gasteiger partial charge in [-0.2, -0.15) is 0 Å². The van der Waals surface area contributed by atoms with Gasteiger partial charge < -0.3 is 14.5 Å². The summed E-state index contributed by atoms with van der Waals surface area (Å²) in [5, 5.41) is 2.77. The van der Waals surface area contributed by atoms with E-state index in [1.54, 1.807) is 17.3 Å². The third kappa shape index (κ3) is 4.30. The lowest BCUT2D eigenvalue weighted by Crippen LogP contribution is -2.28. The van der Waals surface area contributed by atoms with Gasteiger partial charge in [-0.1, -0.05) is 18.2 Å². The van der Waals surface area contributed by atoms with E-state index in [1.807, 2.05) is 19.1 Å². The predicted octanol–water partition coefficient (Wildman–Crippen LogP) is 3.70. The first-order chi connectivity index (χ1) is 14.1. The van der Waals surface area contributed by atoms with Crippen molar-refractivity contribution in [2.45, 2.75) is 26.9 Å². The maximum Gasteiger partial charge on any atom is 0.323 e. The Morgan fingerprint density at radius 2 is 2.10 bits per heavy atom. The van der Waals surface area contributed by atoms with Gasteiger partial charge in [0.25, 0.3) is 0 Å². The molecule has 0 spiro atoms. The third-order valence-electron chi connectivity index (χ3n) is 4.95. The van der Waals surface area contributed by atoms with Crippen LogP contribution < -0.4 is 10.2 Å². The lowest BCUT2D eigenvalue weighted by atomic mass is 10.0. The minimum absolute atomic E-state index is 0.117. The average Bonchev–Trinajstić information content (AvgIpc) is 3.38. The van der Waals surface area contributed by atoms with Crippen LogP contribution in [0.5, 0.6) is 0 Å². The molecule has 0 aliphatic carbocycles. The van der Waals surface area contributed by atoms with Crippen molar-refractivity contribution in [1.29, 1.82) is 0 Å². The number of ether oxygens (including phenoxy) is 1. The van der Waals surface area contributed by atoms with Gasteiger partial charge in [-0.05, 0) is 42.7 Å². The second kappa shape index (κ2) is 8.45. The topological polar surface area (TPSA) is 80.5 Å². The summed E-state index contributed by atoms with van der Waals surface area (Å²) in [5.74, 6) is 1.94. The number of rotatable bonds is 7. The Morgan fingerprint density at radius 3 is 2.83 bits per heavy atom. The molecule has 0 bridgehead atoms. The van der Waals surface area contributed by atoms with Crippen molar-refractivity contribution in [3.8, 4) is 11.3 Å². The van der Waals surface area contributed by atoms with Crippen LogP contribution in [0.2, 0.25) is 0 Å². The third-order valence-corrected chi connectivity index (χ3v) is 4.95. The summed E-state index contributed by atoms with van der Waals surface area (Å²) in [6.45, 7) is 6.64. The Hall–Kier alpha value is -3.19. The SMILES string of the molecule is CCOCc1ccc(C)c(Cc2ncc(-c3ccc(N4CCNC4=O)nc3)o2)c1. The molecule has 2 amide bonds. The van der Waals surface area contributed by atoms with E-state index in [1.165, 1.54) is 11.1 Å². The highest BCUT2D eigenvalue weighted by molar-refractivity contribution is 5.93. The van der Waals surface area contributed by atoms with Crippen LogP contribution in [0.15, 0.2) is 47.1 Å². The number of urea groups is 1. The lowest BCUT2D eigenvalue weighted by Gasteiger charge is -2.12. The lowest BCUT2D eigenvalue weighted by molar-refractivity contribution is 0.134. The number of carbonyl (C=O) groups excluding carboxylic acids is 1. The number of aromatic nitrogens is 2. The normalized spacial score (nSPS) is 13.7. The average molecular weight is 392 g/mol. The molecule has 0 saturated carbocycles. The molecule has 2 aromatic heterocycles. The number of carbonyl (C=O) groups is 1. The Labute approximate surface area is 169 Å². The van der Waals surface area contributed by atoms with E-state index in [0.717, 1.165) is 11.1 Å². The maximum absolute atomic E-state index is 11.8. The standard InChI is InChI=1S/C22H24N4O3/c1-3-28-14-16-5-4-15(2)18(10-16)11-21-25-13-19(29-21)17-6-7-20(24-12-17)26-9-8-23-22(26)27/h4-7,10,12-13H,3,8-9,11,14H2,1-2H3,(H,23,27). The van der Waals surface area contributed by atoms with Gasteiger partial charge in [0.05, 0.1) is 12.8 Å². The monoisotopic (exact) mass is 392 g/mol. The van der Waals surface area contributed by atoms with Gasteiger partial charge in [0.15, 0.2) is 11.7 Å². The first kappa shape index (κ1) is 19.1. The van der Waals surface area contributed by atoms with Gasteiger partial charge in [0, 0.05) is 37.9 Å². The molecule has 7 nitrogen and oxygen atoms in total. The summed E-state index contributed by atoms with van der Waals surface area (Å²) in [6.07, 6.45) is 4.04. The number of pyridine rings is 1.